The molecule has 0 aliphatic carbocycles. The average Bonchev–Trinajstić information content (AvgIpc) is 2.60. The largest absolute Gasteiger partial charge is 0.501 e. The van der Waals surface area contributed by atoms with Crippen LogP contribution >= 0.6 is 0 Å². The molecule has 0 aromatic heterocycles. The predicted octanol–water partition coefficient (Wildman–Crippen LogP) is 3.45. The Bertz CT molecular complexity index is 1000. The molecule has 2 aromatic carbocycles. The molecule has 0 aliphatic rings. The maximum atomic E-state index is 14.0. The Labute approximate surface area is 158 Å². The van der Waals surface area contributed by atoms with Gasteiger partial charge in [0, 0.05) is 19.7 Å². The number of alkyl halides is 3. The molecule has 0 spiro atoms. The number of methoxy groups -OCH3 is 1. The Kier molecular flexibility index (Phi) is 5.88. The van der Waals surface area contributed by atoms with Crippen molar-refractivity contribution in [2.45, 2.75) is 10.4 Å². The van der Waals surface area contributed by atoms with Crippen molar-refractivity contribution in [2.24, 2.45) is 0 Å². The first-order valence-electron chi connectivity index (χ1n) is 7.66. The fraction of sp³-hybridized carbons (Fsp3) is 0.235. The molecule has 0 unspecified atom stereocenters. The molecule has 2 aromatic rings. The molecule has 0 bridgehead atoms. The van der Waals surface area contributed by atoms with Gasteiger partial charge < -0.3 is 15.0 Å². The van der Waals surface area contributed by atoms with E-state index < -0.39 is 32.0 Å². The van der Waals surface area contributed by atoms with Crippen LogP contribution in [0.1, 0.15) is 10.4 Å². The molecule has 1 N–H and O–H groups in total. The monoisotopic (exact) mass is 420 g/mol. The molecule has 0 fully saturated rings. The Balaban J connectivity index is 2.41. The number of hydrogen-bond acceptors (Lipinski definition) is 5. The Morgan fingerprint density at radius 1 is 1.11 bits per heavy atom. The number of carbonyl (C=O) groups excluding carboxylic acids is 1. The SMILES string of the molecule is COc1ccc(S(=O)(=O)C(F)(F)F)cc1NC(=O)c1ccc(N(C)C)c(F)c1. The number of hydrogen-bond donors (Lipinski definition) is 1. The van der Waals surface area contributed by atoms with Crippen LogP contribution in [0.5, 0.6) is 5.75 Å². The minimum Gasteiger partial charge on any atom is -0.495 e. The van der Waals surface area contributed by atoms with Gasteiger partial charge in [-0.1, -0.05) is 0 Å². The lowest BCUT2D eigenvalue weighted by Gasteiger charge is -2.15. The fourth-order valence-electron chi connectivity index (χ4n) is 2.29. The van der Waals surface area contributed by atoms with Crippen LogP contribution < -0.4 is 15.0 Å². The molecule has 1 amide bonds. The number of nitrogens with one attached hydrogen (secondary N) is 1. The second kappa shape index (κ2) is 7.66. The molecule has 0 atom stereocenters. The summed E-state index contributed by atoms with van der Waals surface area (Å²) in [4.78, 5) is 12.8. The molecule has 0 heterocycles. The van der Waals surface area contributed by atoms with Gasteiger partial charge >= 0.3 is 5.51 Å². The molecule has 0 aliphatic heterocycles. The maximum absolute atomic E-state index is 14.0. The zero-order chi connectivity index (χ0) is 21.3. The Morgan fingerprint density at radius 3 is 2.25 bits per heavy atom. The molecule has 28 heavy (non-hydrogen) atoms. The van der Waals surface area contributed by atoms with Crippen molar-refractivity contribution in [3.8, 4) is 5.75 Å². The van der Waals surface area contributed by atoms with Crippen LogP contribution in [-0.2, 0) is 9.84 Å². The van der Waals surface area contributed by atoms with Crippen LogP contribution in [0, 0.1) is 5.82 Å². The number of carbonyl (C=O) groups is 1. The summed E-state index contributed by atoms with van der Waals surface area (Å²) >= 11 is 0. The third kappa shape index (κ3) is 4.19. The van der Waals surface area contributed by atoms with E-state index in [-0.39, 0.29) is 22.7 Å². The lowest BCUT2D eigenvalue weighted by atomic mass is 10.1. The maximum Gasteiger partial charge on any atom is 0.501 e. The highest BCUT2D eigenvalue weighted by Gasteiger charge is 2.47. The standard InChI is InChI=1S/C17H16F4N2O4S/c1-23(2)14-6-4-10(8-12(14)18)16(24)22-13-9-11(5-7-15(13)27-3)28(25,26)17(19,20)21/h4-9H,1-3H3,(H,22,24). The summed E-state index contributed by atoms with van der Waals surface area (Å²) in [5.74, 6) is -1.61. The van der Waals surface area contributed by atoms with Crippen molar-refractivity contribution >= 4 is 27.1 Å². The van der Waals surface area contributed by atoms with Gasteiger partial charge in [-0.05, 0) is 36.4 Å². The molecular weight excluding hydrogens is 404 g/mol. The van der Waals surface area contributed by atoms with Crippen LogP contribution in [0.3, 0.4) is 0 Å². The zero-order valence-corrected chi connectivity index (χ0v) is 15.8. The van der Waals surface area contributed by atoms with Gasteiger partial charge in [-0.3, -0.25) is 4.79 Å². The van der Waals surface area contributed by atoms with E-state index in [0.717, 1.165) is 12.1 Å². The van der Waals surface area contributed by atoms with Gasteiger partial charge in [-0.15, -0.1) is 0 Å². The van der Waals surface area contributed by atoms with E-state index >= 15 is 0 Å². The zero-order valence-electron chi connectivity index (χ0n) is 15.0. The number of sulfone groups is 1. The molecule has 0 saturated carbocycles. The number of ether oxygens (including phenoxy) is 1. The van der Waals surface area contributed by atoms with Crippen LogP contribution in [0.15, 0.2) is 41.3 Å². The van der Waals surface area contributed by atoms with Crippen molar-refractivity contribution in [1.29, 1.82) is 0 Å². The lowest BCUT2D eigenvalue weighted by molar-refractivity contribution is -0.0436. The normalized spacial score (nSPS) is 11.8. The summed E-state index contributed by atoms with van der Waals surface area (Å²) in [6, 6.07) is 5.94. The van der Waals surface area contributed by atoms with E-state index in [1.807, 2.05) is 0 Å². The van der Waals surface area contributed by atoms with Crippen LogP contribution in [0.2, 0.25) is 0 Å². The van der Waals surface area contributed by atoms with E-state index in [1.165, 1.54) is 24.1 Å². The van der Waals surface area contributed by atoms with Crippen molar-refractivity contribution < 1.29 is 35.5 Å². The highest BCUT2D eigenvalue weighted by atomic mass is 32.2. The third-order valence-corrected chi connectivity index (χ3v) is 5.21. The van der Waals surface area contributed by atoms with Crippen LogP contribution in [0.4, 0.5) is 28.9 Å². The van der Waals surface area contributed by atoms with Crippen molar-refractivity contribution in [1.82, 2.24) is 0 Å². The van der Waals surface area contributed by atoms with Gasteiger partial charge in [0.05, 0.1) is 23.4 Å². The van der Waals surface area contributed by atoms with Crippen LogP contribution in [0.25, 0.3) is 0 Å². The van der Waals surface area contributed by atoms with Gasteiger partial charge in [0.25, 0.3) is 15.7 Å². The predicted molar refractivity (Wildman–Crippen MR) is 94.9 cm³/mol. The fourth-order valence-corrected chi connectivity index (χ4v) is 3.08. The summed E-state index contributed by atoms with van der Waals surface area (Å²) in [5.41, 5.74) is -5.70. The van der Waals surface area contributed by atoms with Gasteiger partial charge in [-0.25, -0.2) is 12.8 Å². The van der Waals surface area contributed by atoms with Crippen LogP contribution in [-0.4, -0.2) is 41.0 Å². The number of rotatable bonds is 5. The molecule has 0 saturated heterocycles. The second-order valence-corrected chi connectivity index (χ2v) is 7.77. The Morgan fingerprint density at radius 2 is 1.75 bits per heavy atom. The van der Waals surface area contributed by atoms with E-state index in [4.69, 9.17) is 4.74 Å². The van der Waals surface area contributed by atoms with E-state index in [9.17, 15) is 30.8 Å². The summed E-state index contributed by atoms with van der Waals surface area (Å²) in [6.07, 6.45) is 0. The van der Waals surface area contributed by atoms with Gasteiger partial charge in [-0.2, -0.15) is 13.2 Å². The van der Waals surface area contributed by atoms with Crippen molar-refractivity contribution in [3.05, 3.63) is 47.8 Å². The average molecular weight is 420 g/mol. The quantitative estimate of drug-likeness (QED) is 0.750. The molecule has 11 heteroatoms. The van der Waals surface area contributed by atoms with Crippen molar-refractivity contribution in [3.63, 3.8) is 0 Å². The third-order valence-electron chi connectivity index (χ3n) is 3.73. The van der Waals surface area contributed by atoms with Crippen molar-refractivity contribution in [2.75, 3.05) is 31.4 Å². The highest BCUT2D eigenvalue weighted by Crippen LogP contribution is 2.35. The number of benzene rings is 2. The summed E-state index contributed by atoms with van der Waals surface area (Å²) in [5, 5.41) is 2.24. The summed E-state index contributed by atoms with van der Waals surface area (Å²) < 4.78 is 80.4. The molecular formula is C17H16F4N2O4S. The number of amides is 1. The Hall–Kier alpha value is -2.82. The topological polar surface area (TPSA) is 75.7 Å². The highest BCUT2D eigenvalue weighted by molar-refractivity contribution is 7.92. The van der Waals surface area contributed by atoms with E-state index in [0.29, 0.717) is 12.1 Å². The van der Waals surface area contributed by atoms with Gasteiger partial charge in [0.1, 0.15) is 11.6 Å². The second-order valence-electron chi connectivity index (χ2n) is 5.83. The minimum absolute atomic E-state index is 0.0696. The van der Waals surface area contributed by atoms with E-state index in [1.54, 1.807) is 14.1 Å². The number of anilines is 2. The molecule has 152 valence electrons. The first-order valence-corrected chi connectivity index (χ1v) is 9.14. The lowest BCUT2D eigenvalue weighted by Crippen LogP contribution is -2.23. The number of nitrogens with zero attached hydrogens (tertiary/aromatic N) is 1. The van der Waals surface area contributed by atoms with E-state index in [2.05, 4.69) is 5.32 Å². The molecule has 2 rings (SSSR count). The molecule has 6 nitrogen and oxygen atoms in total. The minimum atomic E-state index is -5.62. The first-order chi connectivity index (χ1) is 12.9. The first kappa shape index (κ1) is 21.5. The van der Waals surface area contributed by atoms with Gasteiger partial charge in [0.15, 0.2) is 0 Å². The molecule has 0 radical (unpaired) electrons. The summed E-state index contributed by atoms with van der Waals surface area (Å²) in [6.45, 7) is 0. The smallest absolute Gasteiger partial charge is 0.495 e. The number of halogens is 4. The van der Waals surface area contributed by atoms with Gasteiger partial charge in [0.2, 0.25) is 0 Å². The summed E-state index contributed by atoms with van der Waals surface area (Å²) in [7, 11) is -1.22.